The second kappa shape index (κ2) is 8.40. The Bertz CT molecular complexity index is 1490. The molecule has 1 amide bonds. The molecule has 11 heteroatoms. The van der Waals surface area contributed by atoms with Crippen LogP contribution in [0.15, 0.2) is 55.1 Å². The molecule has 33 heavy (non-hydrogen) atoms. The van der Waals surface area contributed by atoms with Crippen molar-refractivity contribution in [3.05, 3.63) is 60.1 Å². The number of methoxy groups -OCH3 is 1. The molecule has 0 aliphatic rings. The molecule has 0 saturated heterocycles. The van der Waals surface area contributed by atoms with Gasteiger partial charge in [-0.3, -0.25) is 4.79 Å². The molecule has 0 fully saturated rings. The molecule has 1 aromatic carbocycles. The van der Waals surface area contributed by atoms with Crippen molar-refractivity contribution in [1.29, 1.82) is 0 Å². The Morgan fingerprint density at radius 2 is 2.09 bits per heavy atom. The summed E-state index contributed by atoms with van der Waals surface area (Å²) in [6, 6.07) is 9.02. The lowest BCUT2D eigenvalue weighted by Gasteiger charge is -2.12. The Morgan fingerprint density at radius 1 is 1.21 bits per heavy atom. The average molecular weight is 463 g/mol. The van der Waals surface area contributed by atoms with E-state index >= 15 is 0 Å². The van der Waals surface area contributed by atoms with Crippen LogP contribution in [-0.4, -0.2) is 56.0 Å². The van der Waals surface area contributed by atoms with Crippen molar-refractivity contribution in [3.8, 4) is 22.7 Å². The van der Waals surface area contributed by atoms with Gasteiger partial charge in [-0.1, -0.05) is 11.6 Å². The minimum absolute atomic E-state index is 0.0563. The van der Waals surface area contributed by atoms with E-state index in [1.165, 1.54) is 0 Å². The van der Waals surface area contributed by atoms with E-state index in [1.807, 2.05) is 12.3 Å². The monoisotopic (exact) mass is 462 g/mol. The normalized spacial score (nSPS) is 11.1. The molecule has 0 aliphatic heterocycles. The van der Waals surface area contributed by atoms with Crippen LogP contribution in [0, 0.1) is 0 Å². The second-order valence-electron chi connectivity index (χ2n) is 7.13. The first-order valence-electron chi connectivity index (χ1n) is 10.0. The lowest BCUT2D eigenvalue weighted by atomic mass is 10.1. The highest BCUT2D eigenvalue weighted by molar-refractivity contribution is 6.30. The van der Waals surface area contributed by atoms with E-state index in [0.29, 0.717) is 33.6 Å². The Balaban J connectivity index is 1.74. The van der Waals surface area contributed by atoms with Gasteiger partial charge < -0.3 is 15.4 Å². The molecule has 0 aliphatic carbocycles. The summed E-state index contributed by atoms with van der Waals surface area (Å²) in [4.78, 5) is 21.1. The van der Waals surface area contributed by atoms with Gasteiger partial charge in [0, 0.05) is 24.5 Å². The zero-order valence-corrected chi connectivity index (χ0v) is 18.5. The van der Waals surface area contributed by atoms with Gasteiger partial charge in [-0.25, -0.2) is 19.2 Å². The third kappa shape index (κ3) is 3.70. The molecule has 5 rings (SSSR count). The van der Waals surface area contributed by atoms with Crippen molar-refractivity contribution in [1.82, 2.24) is 34.7 Å². The third-order valence-corrected chi connectivity index (χ3v) is 5.42. The molecular formula is C22H19ClN8O2. The molecule has 4 aromatic heterocycles. The van der Waals surface area contributed by atoms with Crippen LogP contribution < -0.4 is 15.4 Å². The molecule has 0 saturated carbocycles. The van der Waals surface area contributed by atoms with Gasteiger partial charge in [-0.15, -0.1) is 0 Å². The lowest BCUT2D eigenvalue weighted by Crippen LogP contribution is -2.26. The van der Waals surface area contributed by atoms with Gasteiger partial charge in [0.15, 0.2) is 5.65 Å². The van der Waals surface area contributed by atoms with Crippen LogP contribution in [0.25, 0.3) is 33.5 Å². The maximum Gasteiger partial charge on any atom is 0.239 e. The number of benzene rings is 1. The van der Waals surface area contributed by atoms with Crippen molar-refractivity contribution in [2.24, 2.45) is 0 Å². The maximum atomic E-state index is 11.9. The number of nitrogens with one attached hydrogen (secondary N) is 2. The fourth-order valence-electron chi connectivity index (χ4n) is 3.58. The molecule has 0 unspecified atom stereocenters. The summed E-state index contributed by atoms with van der Waals surface area (Å²) in [6.45, 7) is 0.0563. The molecule has 0 radical (unpaired) electrons. The standard InChI is InChI=1S/C22H19ClN8O2/c1-24-20(32)12-26-21-15-11-28-31(18-8-13(23)4-5-19(18)33-2)17(15)9-16(29-21)14-10-27-30-7-3-6-25-22(14)30/h3-11H,12H2,1-2H3,(H,24,32)(H,26,29). The minimum Gasteiger partial charge on any atom is -0.494 e. The number of rotatable bonds is 6. The van der Waals surface area contributed by atoms with Gasteiger partial charge in [0.05, 0.1) is 48.2 Å². The molecule has 2 N–H and O–H groups in total. The van der Waals surface area contributed by atoms with Crippen molar-refractivity contribution >= 4 is 39.9 Å². The second-order valence-corrected chi connectivity index (χ2v) is 7.57. The first-order valence-corrected chi connectivity index (χ1v) is 10.4. The highest BCUT2D eigenvalue weighted by atomic mass is 35.5. The van der Waals surface area contributed by atoms with Gasteiger partial charge in [-0.2, -0.15) is 10.2 Å². The topological polar surface area (TPSA) is 111 Å². The number of pyridine rings is 1. The van der Waals surface area contributed by atoms with Crippen LogP contribution in [0.3, 0.4) is 0 Å². The summed E-state index contributed by atoms with van der Waals surface area (Å²) in [5.74, 6) is 0.950. The number of carbonyl (C=O) groups excluding carboxylic acids is 1. The fourth-order valence-corrected chi connectivity index (χ4v) is 3.74. The number of likely N-dealkylation sites (N-methyl/N-ethyl adjacent to an activating group) is 1. The van der Waals surface area contributed by atoms with E-state index in [0.717, 1.165) is 16.5 Å². The van der Waals surface area contributed by atoms with Crippen molar-refractivity contribution < 1.29 is 9.53 Å². The predicted octanol–water partition coefficient (Wildman–Crippen LogP) is 2.95. The van der Waals surface area contributed by atoms with Crippen molar-refractivity contribution in [3.63, 3.8) is 0 Å². The van der Waals surface area contributed by atoms with Crippen molar-refractivity contribution in [2.75, 3.05) is 26.0 Å². The molecule has 4 heterocycles. The Kier molecular flexibility index (Phi) is 5.27. The highest BCUT2D eigenvalue weighted by Gasteiger charge is 2.18. The van der Waals surface area contributed by atoms with Gasteiger partial charge in [0.2, 0.25) is 5.91 Å². The number of aromatic nitrogens is 6. The number of halogens is 1. The number of fused-ring (bicyclic) bond motifs is 2. The van der Waals surface area contributed by atoms with E-state index < -0.39 is 0 Å². The van der Waals surface area contributed by atoms with E-state index in [9.17, 15) is 4.79 Å². The predicted molar refractivity (Wildman–Crippen MR) is 125 cm³/mol. The first kappa shape index (κ1) is 20.7. The van der Waals surface area contributed by atoms with Crippen LogP contribution in [0.4, 0.5) is 5.82 Å². The largest absolute Gasteiger partial charge is 0.494 e. The maximum absolute atomic E-state index is 11.9. The molecule has 0 bridgehead atoms. The molecule has 10 nitrogen and oxygen atoms in total. The van der Waals surface area contributed by atoms with Gasteiger partial charge in [0.1, 0.15) is 17.3 Å². The van der Waals surface area contributed by atoms with E-state index in [4.69, 9.17) is 21.3 Å². The molecule has 5 aromatic rings. The van der Waals surface area contributed by atoms with Gasteiger partial charge >= 0.3 is 0 Å². The molecule has 0 atom stereocenters. The van der Waals surface area contributed by atoms with E-state index in [2.05, 4.69) is 25.8 Å². The summed E-state index contributed by atoms with van der Waals surface area (Å²) in [5.41, 5.74) is 3.44. The van der Waals surface area contributed by atoms with Crippen LogP contribution in [-0.2, 0) is 4.79 Å². The number of ether oxygens (including phenoxy) is 1. The average Bonchev–Trinajstić information content (AvgIpc) is 3.46. The van der Waals surface area contributed by atoms with Crippen LogP contribution >= 0.6 is 11.6 Å². The molecular weight excluding hydrogens is 444 g/mol. The van der Waals surface area contributed by atoms with Gasteiger partial charge in [0.25, 0.3) is 0 Å². The zero-order valence-electron chi connectivity index (χ0n) is 17.8. The smallest absolute Gasteiger partial charge is 0.239 e. The number of amides is 1. The number of hydrogen-bond donors (Lipinski definition) is 2. The Hall–Kier alpha value is -4.18. The van der Waals surface area contributed by atoms with Crippen molar-refractivity contribution in [2.45, 2.75) is 0 Å². The highest BCUT2D eigenvalue weighted by Crippen LogP contribution is 2.33. The van der Waals surface area contributed by atoms with E-state index in [-0.39, 0.29) is 12.5 Å². The quantitative estimate of drug-likeness (QED) is 0.399. The Labute approximate surface area is 193 Å². The summed E-state index contributed by atoms with van der Waals surface area (Å²) in [5, 5.41) is 15.9. The molecule has 166 valence electrons. The summed E-state index contributed by atoms with van der Waals surface area (Å²) in [6.07, 6.45) is 6.91. The summed E-state index contributed by atoms with van der Waals surface area (Å²) in [7, 11) is 3.17. The van der Waals surface area contributed by atoms with Crippen LogP contribution in [0.1, 0.15) is 0 Å². The number of nitrogens with zero attached hydrogens (tertiary/aromatic N) is 6. The fraction of sp³-hybridized carbons (Fsp3) is 0.136. The van der Waals surface area contributed by atoms with E-state index in [1.54, 1.807) is 66.2 Å². The first-order chi connectivity index (χ1) is 16.1. The number of anilines is 1. The summed E-state index contributed by atoms with van der Waals surface area (Å²) < 4.78 is 8.94. The SMILES string of the molecule is CNC(=O)CNc1nc(-c2cnn3cccnc23)cc2c1cnn2-c1cc(Cl)ccc1OC. The number of carbonyl (C=O) groups is 1. The van der Waals surface area contributed by atoms with Crippen LogP contribution in [0.5, 0.6) is 5.75 Å². The van der Waals surface area contributed by atoms with Gasteiger partial charge in [-0.05, 0) is 30.3 Å². The third-order valence-electron chi connectivity index (χ3n) is 5.19. The zero-order chi connectivity index (χ0) is 22.9. The lowest BCUT2D eigenvalue weighted by molar-refractivity contribution is -0.118. The minimum atomic E-state index is -0.170. The molecule has 0 spiro atoms. The van der Waals surface area contributed by atoms with Crippen LogP contribution in [0.2, 0.25) is 5.02 Å². The summed E-state index contributed by atoms with van der Waals surface area (Å²) >= 11 is 6.27. The number of hydrogen-bond acceptors (Lipinski definition) is 7. The Morgan fingerprint density at radius 3 is 2.91 bits per heavy atom.